The van der Waals surface area contributed by atoms with Crippen LogP contribution >= 0.6 is 0 Å². The number of nitrogens with zero attached hydrogens (tertiary/aromatic N) is 2. The Morgan fingerprint density at radius 2 is 2.20 bits per heavy atom. The number of rotatable bonds is 4. The molecule has 0 aliphatic carbocycles. The number of aromatic carboxylic acids is 1. The van der Waals surface area contributed by atoms with Crippen LogP contribution in [0, 0.1) is 6.92 Å². The normalized spacial score (nSPS) is 10.3. The van der Waals surface area contributed by atoms with Gasteiger partial charge in [0, 0.05) is 18.9 Å². The van der Waals surface area contributed by atoms with Crippen molar-refractivity contribution in [2.45, 2.75) is 20.4 Å². The molecule has 0 saturated carbocycles. The number of aryl methyl sites for hydroxylation is 2. The molecule has 0 unspecified atom stereocenters. The van der Waals surface area contributed by atoms with Crippen molar-refractivity contribution in [2.24, 2.45) is 0 Å². The highest BCUT2D eigenvalue weighted by Crippen LogP contribution is 2.23. The second-order valence-electron chi connectivity index (χ2n) is 4.23. The van der Waals surface area contributed by atoms with E-state index in [2.05, 4.69) is 4.98 Å². The maximum atomic E-state index is 12.0. The Kier molecular flexibility index (Phi) is 3.84. The number of hydrogen-bond acceptors (Lipinski definition) is 4. The molecule has 1 aromatic carbocycles. The Labute approximate surface area is 115 Å². The van der Waals surface area contributed by atoms with Crippen molar-refractivity contribution in [1.29, 1.82) is 0 Å². The van der Waals surface area contributed by atoms with Crippen LogP contribution in [0.2, 0.25) is 0 Å². The van der Waals surface area contributed by atoms with E-state index in [-0.39, 0.29) is 17.2 Å². The second-order valence-corrected chi connectivity index (χ2v) is 4.23. The van der Waals surface area contributed by atoms with Crippen molar-refractivity contribution >= 4 is 5.97 Å². The standard InChI is InChI=1S/C14H14N2O4/c1-3-16-7-6-15-12(13(16)17)20-11-8-9(2)4-5-10(11)14(18)19/h4-8H,3H2,1-2H3,(H,18,19). The van der Waals surface area contributed by atoms with Gasteiger partial charge in [-0.1, -0.05) is 6.07 Å². The van der Waals surface area contributed by atoms with Gasteiger partial charge in [0.15, 0.2) is 0 Å². The molecule has 0 spiro atoms. The highest BCUT2D eigenvalue weighted by Gasteiger charge is 2.14. The quantitative estimate of drug-likeness (QED) is 0.922. The molecule has 104 valence electrons. The minimum absolute atomic E-state index is 0.0105. The van der Waals surface area contributed by atoms with Gasteiger partial charge in [0.2, 0.25) is 0 Å². The minimum Gasteiger partial charge on any atom is -0.478 e. The predicted molar refractivity (Wildman–Crippen MR) is 72.4 cm³/mol. The molecular weight excluding hydrogens is 260 g/mol. The third-order valence-electron chi connectivity index (χ3n) is 2.80. The molecule has 6 heteroatoms. The smallest absolute Gasteiger partial charge is 0.339 e. The molecule has 1 N–H and O–H groups in total. The highest BCUT2D eigenvalue weighted by molar-refractivity contribution is 5.91. The van der Waals surface area contributed by atoms with Crippen molar-refractivity contribution in [3.63, 3.8) is 0 Å². The maximum Gasteiger partial charge on any atom is 0.339 e. The largest absolute Gasteiger partial charge is 0.478 e. The maximum absolute atomic E-state index is 12.0. The lowest BCUT2D eigenvalue weighted by atomic mass is 10.1. The molecule has 0 radical (unpaired) electrons. The molecule has 0 bridgehead atoms. The van der Waals surface area contributed by atoms with Gasteiger partial charge in [-0.15, -0.1) is 0 Å². The fraction of sp³-hybridized carbons (Fsp3) is 0.214. The average molecular weight is 274 g/mol. The van der Waals surface area contributed by atoms with Crippen molar-refractivity contribution in [3.8, 4) is 11.6 Å². The van der Waals surface area contributed by atoms with Crippen LogP contribution in [-0.2, 0) is 6.54 Å². The third kappa shape index (κ3) is 2.69. The number of benzene rings is 1. The number of ether oxygens (including phenoxy) is 1. The van der Waals surface area contributed by atoms with Crippen molar-refractivity contribution in [2.75, 3.05) is 0 Å². The third-order valence-corrected chi connectivity index (χ3v) is 2.80. The van der Waals surface area contributed by atoms with E-state index >= 15 is 0 Å². The second kappa shape index (κ2) is 5.56. The first-order chi connectivity index (χ1) is 9.52. The summed E-state index contributed by atoms with van der Waals surface area (Å²) in [4.78, 5) is 27.0. The summed E-state index contributed by atoms with van der Waals surface area (Å²) in [5.41, 5.74) is 0.424. The Hall–Kier alpha value is -2.63. The first kappa shape index (κ1) is 13.8. The molecule has 6 nitrogen and oxygen atoms in total. The lowest BCUT2D eigenvalue weighted by Gasteiger charge is -2.09. The first-order valence-corrected chi connectivity index (χ1v) is 6.10. The fourth-order valence-corrected chi connectivity index (χ4v) is 1.74. The highest BCUT2D eigenvalue weighted by atomic mass is 16.5. The molecule has 0 saturated heterocycles. The van der Waals surface area contributed by atoms with Crippen LogP contribution in [-0.4, -0.2) is 20.6 Å². The zero-order chi connectivity index (χ0) is 14.7. The lowest BCUT2D eigenvalue weighted by Crippen LogP contribution is -2.21. The van der Waals surface area contributed by atoms with Gasteiger partial charge in [-0.05, 0) is 31.5 Å². The number of hydrogen-bond donors (Lipinski definition) is 1. The summed E-state index contributed by atoms with van der Waals surface area (Å²) >= 11 is 0. The van der Waals surface area contributed by atoms with Crippen LogP contribution in [0.1, 0.15) is 22.8 Å². The SMILES string of the molecule is CCn1ccnc(Oc2cc(C)ccc2C(=O)O)c1=O. The topological polar surface area (TPSA) is 81.4 Å². The summed E-state index contributed by atoms with van der Waals surface area (Å²) in [6, 6.07) is 4.67. The molecule has 0 aliphatic heterocycles. The number of carboxylic acids is 1. The van der Waals surface area contributed by atoms with E-state index in [9.17, 15) is 9.59 Å². The average Bonchev–Trinajstić information content (AvgIpc) is 2.41. The van der Waals surface area contributed by atoms with Crippen LogP contribution in [0.15, 0.2) is 35.4 Å². The summed E-state index contributed by atoms with van der Waals surface area (Å²) in [7, 11) is 0. The molecular formula is C14H14N2O4. The first-order valence-electron chi connectivity index (χ1n) is 6.10. The predicted octanol–water partition coefficient (Wildman–Crippen LogP) is 2.06. The van der Waals surface area contributed by atoms with Crippen LogP contribution in [0.3, 0.4) is 0 Å². The molecule has 1 aromatic heterocycles. The summed E-state index contributed by atoms with van der Waals surface area (Å²) in [5.74, 6) is -1.15. The van der Waals surface area contributed by atoms with Gasteiger partial charge in [-0.2, -0.15) is 0 Å². The number of carbonyl (C=O) groups is 1. The van der Waals surface area contributed by atoms with E-state index in [1.54, 1.807) is 25.3 Å². The Morgan fingerprint density at radius 3 is 2.85 bits per heavy atom. The zero-order valence-electron chi connectivity index (χ0n) is 11.2. The van der Waals surface area contributed by atoms with E-state index in [1.807, 2.05) is 6.92 Å². The molecule has 2 aromatic rings. The molecule has 0 atom stereocenters. The monoisotopic (exact) mass is 274 g/mol. The molecule has 20 heavy (non-hydrogen) atoms. The fourth-order valence-electron chi connectivity index (χ4n) is 1.74. The number of aromatic nitrogens is 2. The zero-order valence-corrected chi connectivity index (χ0v) is 11.2. The van der Waals surface area contributed by atoms with Gasteiger partial charge in [0.1, 0.15) is 11.3 Å². The van der Waals surface area contributed by atoms with Gasteiger partial charge in [-0.3, -0.25) is 4.79 Å². The summed E-state index contributed by atoms with van der Waals surface area (Å²) in [6.07, 6.45) is 2.99. The van der Waals surface area contributed by atoms with Gasteiger partial charge >= 0.3 is 11.5 Å². The molecule has 2 rings (SSSR count). The van der Waals surface area contributed by atoms with Crippen LogP contribution in [0.5, 0.6) is 11.6 Å². The Bertz CT molecular complexity index is 707. The van der Waals surface area contributed by atoms with Crippen molar-refractivity contribution < 1.29 is 14.6 Å². The van der Waals surface area contributed by atoms with Crippen LogP contribution in [0.4, 0.5) is 0 Å². The lowest BCUT2D eigenvalue weighted by molar-refractivity contribution is 0.0694. The Morgan fingerprint density at radius 1 is 1.45 bits per heavy atom. The summed E-state index contributed by atoms with van der Waals surface area (Å²) in [5, 5.41) is 9.12. The van der Waals surface area contributed by atoms with Gasteiger partial charge in [0.05, 0.1) is 0 Å². The molecule has 0 aliphatic rings. The van der Waals surface area contributed by atoms with Gasteiger partial charge in [0.25, 0.3) is 5.88 Å². The van der Waals surface area contributed by atoms with E-state index in [1.165, 1.54) is 16.8 Å². The van der Waals surface area contributed by atoms with Crippen molar-refractivity contribution in [3.05, 3.63) is 52.1 Å². The Balaban J connectivity index is 2.47. The van der Waals surface area contributed by atoms with E-state index in [0.717, 1.165) is 5.56 Å². The van der Waals surface area contributed by atoms with E-state index in [0.29, 0.717) is 6.54 Å². The molecule has 0 fully saturated rings. The van der Waals surface area contributed by atoms with Gasteiger partial charge < -0.3 is 14.4 Å². The minimum atomic E-state index is -1.12. The van der Waals surface area contributed by atoms with E-state index < -0.39 is 11.5 Å². The van der Waals surface area contributed by atoms with Gasteiger partial charge in [-0.25, -0.2) is 9.78 Å². The summed E-state index contributed by atoms with van der Waals surface area (Å²) in [6.45, 7) is 4.11. The molecule has 1 heterocycles. The molecule has 0 amide bonds. The number of carboxylic acid groups (broad SMARTS) is 1. The van der Waals surface area contributed by atoms with Crippen LogP contribution in [0.25, 0.3) is 0 Å². The van der Waals surface area contributed by atoms with Crippen LogP contribution < -0.4 is 10.3 Å². The van der Waals surface area contributed by atoms with E-state index in [4.69, 9.17) is 9.84 Å². The van der Waals surface area contributed by atoms with Crippen molar-refractivity contribution in [1.82, 2.24) is 9.55 Å². The summed E-state index contributed by atoms with van der Waals surface area (Å²) < 4.78 is 6.83.